The number of hydrogen-bond donors (Lipinski definition) is 2. The average molecular weight is 270 g/mol. The summed E-state index contributed by atoms with van der Waals surface area (Å²) in [6.07, 6.45) is 2.74. The third kappa shape index (κ3) is 2.79. The van der Waals surface area contributed by atoms with E-state index in [2.05, 4.69) is 10.3 Å². The number of nitrogens with one attached hydrogen (secondary N) is 1. The molecule has 1 unspecified atom stereocenters. The Labute approximate surface area is 105 Å². The summed E-state index contributed by atoms with van der Waals surface area (Å²) >= 11 is 0. The minimum atomic E-state index is -2.98. The highest BCUT2D eigenvalue weighted by Gasteiger charge is 2.30. The molecular formula is C11H14N2O4S. The fraction of sp³-hybridized carbons (Fsp3) is 0.455. The number of carboxylic acid groups (broad SMARTS) is 1. The summed E-state index contributed by atoms with van der Waals surface area (Å²) in [5, 5.41) is 11.4. The number of hydrogen-bond acceptors (Lipinski definition) is 5. The Morgan fingerprint density at radius 3 is 2.94 bits per heavy atom. The zero-order chi connectivity index (χ0) is 13.2. The Balaban J connectivity index is 2.02. The molecule has 2 heterocycles. The summed E-state index contributed by atoms with van der Waals surface area (Å²) in [6, 6.07) is 3.01. The van der Waals surface area contributed by atoms with E-state index in [4.69, 9.17) is 5.11 Å². The van der Waals surface area contributed by atoms with Gasteiger partial charge in [-0.25, -0.2) is 18.2 Å². The molecule has 1 aliphatic rings. The summed E-state index contributed by atoms with van der Waals surface area (Å²) in [4.78, 5) is 14.4. The fourth-order valence-corrected chi connectivity index (χ4v) is 3.74. The molecule has 98 valence electrons. The van der Waals surface area contributed by atoms with Gasteiger partial charge < -0.3 is 10.4 Å². The summed E-state index contributed by atoms with van der Waals surface area (Å²) in [5.74, 6) is -0.858. The van der Waals surface area contributed by atoms with Gasteiger partial charge in [-0.05, 0) is 25.0 Å². The number of pyridine rings is 1. The Morgan fingerprint density at radius 2 is 2.33 bits per heavy atom. The van der Waals surface area contributed by atoms with Crippen LogP contribution in [-0.2, 0) is 9.84 Å². The predicted octanol–water partition coefficient (Wildman–Crippen LogP) is 0.769. The number of carbonyl (C=O) groups is 1. The molecule has 1 aliphatic heterocycles. The molecule has 0 spiro atoms. The predicted molar refractivity (Wildman–Crippen MR) is 66.5 cm³/mol. The molecule has 0 radical (unpaired) electrons. The highest BCUT2D eigenvalue weighted by Crippen LogP contribution is 2.20. The molecule has 0 bridgehead atoms. The van der Waals surface area contributed by atoms with Crippen molar-refractivity contribution in [3.8, 4) is 0 Å². The molecule has 1 atom stereocenters. The van der Waals surface area contributed by atoms with Gasteiger partial charge in [-0.2, -0.15) is 0 Å². The third-order valence-corrected chi connectivity index (χ3v) is 5.25. The Hall–Kier alpha value is -1.63. The van der Waals surface area contributed by atoms with Gasteiger partial charge in [-0.3, -0.25) is 0 Å². The topological polar surface area (TPSA) is 96.4 Å². The van der Waals surface area contributed by atoms with E-state index in [1.54, 1.807) is 6.07 Å². The van der Waals surface area contributed by atoms with Crippen molar-refractivity contribution in [2.45, 2.75) is 18.1 Å². The maximum Gasteiger partial charge on any atom is 0.354 e. The normalized spacial score (nSPS) is 21.7. The van der Waals surface area contributed by atoms with Crippen LogP contribution < -0.4 is 5.32 Å². The molecule has 1 fully saturated rings. The van der Waals surface area contributed by atoms with Crippen molar-refractivity contribution < 1.29 is 18.3 Å². The lowest BCUT2D eigenvalue weighted by Crippen LogP contribution is -2.25. The molecule has 6 nitrogen and oxygen atoms in total. The van der Waals surface area contributed by atoms with Crippen molar-refractivity contribution in [3.63, 3.8) is 0 Å². The largest absolute Gasteiger partial charge is 0.477 e. The minimum Gasteiger partial charge on any atom is -0.477 e. The maximum absolute atomic E-state index is 11.6. The molecule has 2 rings (SSSR count). The summed E-state index contributed by atoms with van der Waals surface area (Å²) in [7, 11) is -2.98. The molecule has 2 N–H and O–H groups in total. The number of sulfone groups is 1. The van der Waals surface area contributed by atoms with Crippen LogP contribution in [0.25, 0.3) is 0 Å². The van der Waals surface area contributed by atoms with Gasteiger partial charge in [0.05, 0.1) is 11.0 Å². The van der Waals surface area contributed by atoms with E-state index in [9.17, 15) is 13.2 Å². The Bertz CT molecular complexity index is 556. The second kappa shape index (κ2) is 4.93. The van der Waals surface area contributed by atoms with Gasteiger partial charge >= 0.3 is 5.97 Å². The number of rotatable bonds is 4. The van der Waals surface area contributed by atoms with Gasteiger partial charge in [-0.15, -0.1) is 0 Å². The monoisotopic (exact) mass is 270 g/mol. The molecule has 1 aromatic rings. The summed E-state index contributed by atoms with van der Waals surface area (Å²) < 4.78 is 23.2. The first-order chi connectivity index (χ1) is 8.49. The molecule has 0 aliphatic carbocycles. The number of aromatic nitrogens is 1. The van der Waals surface area contributed by atoms with Gasteiger partial charge in [0.2, 0.25) is 0 Å². The van der Waals surface area contributed by atoms with Crippen molar-refractivity contribution in [3.05, 3.63) is 24.0 Å². The third-order valence-electron chi connectivity index (χ3n) is 2.98. The SMILES string of the molecule is O=C(O)c1cc(NCC2CCCS2(=O)=O)ccn1. The first-order valence-corrected chi connectivity index (χ1v) is 7.35. The minimum absolute atomic E-state index is 0.0609. The Morgan fingerprint density at radius 1 is 1.56 bits per heavy atom. The zero-order valence-electron chi connectivity index (χ0n) is 9.67. The van der Waals surface area contributed by atoms with Gasteiger partial charge in [0, 0.05) is 18.4 Å². The average Bonchev–Trinajstić information content (AvgIpc) is 2.66. The highest BCUT2D eigenvalue weighted by atomic mass is 32.2. The lowest BCUT2D eigenvalue weighted by molar-refractivity contribution is 0.0690. The van der Waals surface area contributed by atoms with Crippen LogP contribution in [-0.4, -0.2) is 42.0 Å². The molecule has 1 aromatic heterocycles. The van der Waals surface area contributed by atoms with Gasteiger partial charge in [0.1, 0.15) is 5.69 Å². The van der Waals surface area contributed by atoms with E-state index < -0.39 is 15.8 Å². The first-order valence-electron chi connectivity index (χ1n) is 5.64. The molecule has 0 aromatic carbocycles. The summed E-state index contributed by atoms with van der Waals surface area (Å²) in [5.41, 5.74) is 0.513. The standard InChI is InChI=1S/C11H14N2O4S/c14-11(15)10-6-8(3-4-12-10)13-7-9-2-1-5-18(9,16)17/h3-4,6,9H,1-2,5,7H2,(H,12,13)(H,14,15). The smallest absolute Gasteiger partial charge is 0.354 e. The lowest BCUT2D eigenvalue weighted by Gasteiger charge is -2.11. The van der Waals surface area contributed by atoms with E-state index in [1.165, 1.54) is 12.3 Å². The fourth-order valence-electron chi connectivity index (χ4n) is 1.98. The second-order valence-electron chi connectivity index (χ2n) is 4.25. The first kappa shape index (κ1) is 12.8. The second-order valence-corrected chi connectivity index (χ2v) is 6.65. The quantitative estimate of drug-likeness (QED) is 0.838. The number of aromatic carboxylic acids is 1. The van der Waals surface area contributed by atoms with Crippen LogP contribution in [0, 0.1) is 0 Å². The molecule has 0 amide bonds. The van der Waals surface area contributed by atoms with E-state index in [-0.39, 0.29) is 16.7 Å². The number of carboxylic acids is 1. The molecule has 0 saturated carbocycles. The van der Waals surface area contributed by atoms with Crippen LogP contribution in [0.2, 0.25) is 0 Å². The molecule has 18 heavy (non-hydrogen) atoms. The van der Waals surface area contributed by atoms with Crippen molar-refractivity contribution in [1.29, 1.82) is 0 Å². The maximum atomic E-state index is 11.6. The number of anilines is 1. The number of nitrogens with zero attached hydrogens (tertiary/aromatic N) is 1. The highest BCUT2D eigenvalue weighted by molar-refractivity contribution is 7.92. The van der Waals surface area contributed by atoms with Crippen LogP contribution >= 0.6 is 0 Å². The van der Waals surface area contributed by atoms with Crippen LogP contribution in [0.15, 0.2) is 18.3 Å². The van der Waals surface area contributed by atoms with Crippen molar-refractivity contribution in [2.75, 3.05) is 17.6 Å². The van der Waals surface area contributed by atoms with Gasteiger partial charge in [-0.1, -0.05) is 0 Å². The van der Waals surface area contributed by atoms with Crippen molar-refractivity contribution >= 4 is 21.5 Å². The van der Waals surface area contributed by atoms with Crippen molar-refractivity contribution in [2.24, 2.45) is 0 Å². The van der Waals surface area contributed by atoms with Gasteiger partial charge in [0.15, 0.2) is 9.84 Å². The van der Waals surface area contributed by atoms with E-state index in [1.807, 2.05) is 0 Å². The Kier molecular flexibility index (Phi) is 3.51. The lowest BCUT2D eigenvalue weighted by atomic mass is 10.2. The zero-order valence-corrected chi connectivity index (χ0v) is 10.5. The van der Waals surface area contributed by atoms with E-state index in [0.29, 0.717) is 25.1 Å². The van der Waals surface area contributed by atoms with Crippen LogP contribution in [0.1, 0.15) is 23.3 Å². The molecule has 1 saturated heterocycles. The van der Waals surface area contributed by atoms with Gasteiger partial charge in [0.25, 0.3) is 0 Å². The van der Waals surface area contributed by atoms with Crippen LogP contribution in [0.4, 0.5) is 5.69 Å². The van der Waals surface area contributed by atoms with Crippen molar-refractivity contribution in [1.82, 2.24) is 4.98 Å². The van der Waals surface area contributed by atoms with Crippen LogP contribution in [0.5, 0.6) is 0 Å². The summed E-state index contributed by atoms with van der Waals surface area (Å²) in [6.45, 7) is 0.311. The van der Waals surface area contributed by atoms with E-state index >= 15 is 0 Å². The van der Waals surface area contributed by atoms with Crippen LogP contribution in [0.3, 0.4) is 0 Å². The molecule has 7 heteroatoms. The molecular weight excluding hydrogens is 256 g/mol. The van der Waals surface area contributed by atoms with E-state index in [0.717, 1.165) is 0 Å².